The van der Waals surface area contributed by atoms with Gasteiger partial charge in [-0.25, -0.2) is 18.7 Å². The summed E-state index contributed by atoms with van der Waals surface area (Å²) in [5, 5.41) is 3.38. The van der Waals surface area contributed by atoms with E-state index >= 15 is 0 Å². The van der Waals surface area contributed by atoms with Gasteiger partial charge in [-0.3, -0.25) is 9.69 Å². The standard InChI is InChI=1S/C23H25F2N5O3/c1-29(2)23(31)19-8-14(11-30(19)3)33-21-9-15-17(10-20(21)32-4)26-12-27-22(15)28-18-7-13(24)5-6-16(18)25/h5-7,9-10,12,14,19H,8,11H2,1-4H3,(H,26,27,28)/t14-,19+/m0/s1. The molecule has 1 aliphatic rings. The molecule has 1 N–H and O–H groups in total. The number of aromatic nitrogens is 2. The fourth-order valence-corrected chi connectivity index (χ4v) is 3.94. The molecule has 1 aromatic heterocycles. The molecule has 2 aromatic carbocycles. The lowest BCUT2D eigenvalue weighted by Crippen LogP contribution is -2.40. The Labute approximate surface area is 190 Å². The van der Waals surface area contributed by atoms with Crippen molar-refractivity contribution in [3.63, 3.8) is 0 Å². The fraction of sp³-hybridized carbons (Fsp3) is 0.348. The number of nitrogens with one attached hydrogen (secondary N) is 1. The summed E-state index contributed by atoms with van der Waals surface area (Å²) in [7, 11) is 6.87. The highest BCUT2D eigenvalue weighted by Crippen LogP contribution is 2.37. The smallest absolute Gasteiger partial charge is 0.239 e. The maximum atomic E-state index is 14.2. The summed E-state index contributed by atoms with van der Waals surface area (Å²) in [5.74, 6) is 0.0363. The minimum absolute atomic E-state index is 0.0195. The molecule has 33 heavy (non-hydrogen) atoms. The van der Waals surface area contributed by atoms with E-state index in [1.807, 2.05) is 11.9 Å². The van der Waals surface area contributed by atoms with Gasteiger partial charge in [0, 0.05) is 44.6 Å². The SMILES string of the molecule is COc1cc2ncnc(Nc3cc(F)ccc3F)c2cc1O[C@H]1C[C@H](C(=O)N(C)C)N(C)C1. The first kappa shape index (κ1) is 22.7. The van der Waals surface area contributed by atoms with Crippen molar-refractivity contribution in [3.05, 3.63) is 48.3 Å². The second kappa shape index (κ2) is 9.14. The van der Waals surface area contributed by atoms with Gasteiger partial charge in [-0.2, -0.15) is 0 Å². The number of likely N-dealkylation sites (tertiary alicyclic amines) is 1. The van der Waals surface area contributed by atoms with E-state index in [1.54, 1.807) is 31.1 Å². The highest BCUT2D eigenvalue weighted by molar-refractivity contribution is 5.93. The van der Waals surface area contributed by atoms with E-state index in [2.05, 4.69) is 15.3 Å². The topological polar surface area (TPSA) is 79.8 Å². The number of fused-ring (bicyclic) bond motifs is 1. The van der Waals surface area contributed by atoms with Gasteiger partial charge in [0.05, 0.1) is 24.4 Å². The molecule has 3 aromatic rings. The van der Waals surface area contributed by atoms with Crippen molar-refractivity contribution in [2.45, 2.75) is 18.6 Å². The number of ether oxygens (including phenoxy) is 2. The number of rotatable bonds is 6. The lowest BCUT2D eigenvalue weighted by Gasteiger charge is -2.21. The van der Waals surface area contributed by atoms with Crippen LogP contribution in [0.4, 0.5) is 20.3 Å². The lowest BCUT2D eigenvalue weighted by molar-refractivity contribution is -0.133. The van der Waals surface area contributed by atoms with Crippen LogP contribution in [0.5, 0.6) is 11.5 Å². The minimum Gasteiger partial charge on any atom is -0.493 e. The molecule has 0 bridgehead atoms. The van der Waals surface area contributed by atoms with Crippen LogP contribution in [0.3, 0.4) is 0 Å². The summed E-state index contributed by atoms with van der Waals surface area (Å²) in [5.41, 5.74) is 0.494. The average molecular weight is 457 g/mol. The molecule has 10 heteroatoms. The van der Waals surface area contributed by atoms with Crippen molar-refractivity contribution in [2.75, 3.05) is 40.1 Å². The van der Waals surface area contributed by atoms with Crippen LogP contribution in [0.15, 0.2) is 36.7 Å². The van der Waals surface area contributed by atoms with Crippen LogP contribution in [0.2, 0.25) is 0 Å². The number of likely N-dealkylation sites (N-methyl/N-ethyl adjacent to an activating group) is 2. The summed E-state index contributed by atoms with van der Waals surface area (Å²) in [6.45, 7) is 0.566. The van der Waals surface area contributed by atoms with Crippen LogP contribution < -0.4 is 14.8 Å². The Morgan fingerprint density at radius 1 is 1.18 bits per heavy atom. The fourth-order valence-electron chi connectivity index (χ4n) is 3.94. The zero-order valence-corrected chi connectivity index (χ0v) is 18.8. The molecule has 2 atom stereocenters. The molecule has 1 fully saturated rings. The first-order chi connectivity index (χ1) is 15.8. The Morgan fingerprint density at radius 3 is 2.70 bits per heavy atom. The third kappa shape index (κ3) is 4.65. The summed E-state index contributed by atoms with van der Waals surface area (Å²) in [4.78, 5) is 24.4. The van der Waals surface area contributed by atoms with Crippen molar-refractivity contribution in [1.82, 2.24) is 19.8 Å². The molecule has 174 valence electrons. The van der Waals surface area contributed by atoms with Crippen molar-refractivity contribution in [2.24, 2.45) is 0 Å². The van der Waals surface area contributed by atoms with Crippen molar-refractivity contribution in [1.29, 1.82) is 0 Å². The zero-order valence-electron chi connectivity index (χ0n) is 18.8. The third-order valence-corrected chi connectivity index (χ3v) is 5.63. The number of carbonyl (C=O) groups is 1. The molecule has 0 saturated carbocycles. The van der Waals surface area contributed by atoms with Crippen molar-refractivity contribution in [3.8, 4) is 11.5 Å². The molecule has 8 nitrogen and oxygen atoms in total. The number of carbonyl (C=O) groups excluding carboxylic acids is 1. The number of anilines is 2. The Balaban J connectivity index is 1.65. The van der Waals surface area contributed by atoms with Gasteiger partial charge in [0.2, 0.25) is 5.91 Å². The number of halogens is 2. The molecule has 0 spiro atoms. The van der Waals surface area contributed by atoms with E-state index in [4.69, 9.17) is 9.47 Å². The molecular formula is C23H25F2N5O3. The molecule has 0 aliphatic carbocycles. The largest absolute Gasteiger partial charge is 0.493 e. The van der Waals surface area contributed by atoms with Crippen LogP contribution in [0.25, 0.3) is 10.9 Å². The van der Waals surface area contributed by atoms with E-state index in [9.17, 15) is 13.6 Å². The highest BCUT2D eigenvalue weighted by atomic mass is 19.1. The second-order valence-electron chi connectivity index (χ2n) is 8.16. The van der Waals surface area contributed by atoms with Crippen LogP contribution >= 0.6 is 0 Å². The molecule has 0 radical (unpaired) electrons. The normalized spacial score (nSPS) is 18.4. The third-order valence-electron chi connectivity index (χ3n) is 5.63. The minimum atomic E-state index is -0.612. The van der Waals surface area contributed by atoms with Gasteiger partial charge in [-0.05, 0) is 25.2 Å². The zero-order chi connectivity index (χ0) is 23.7. The quantitative estimate of drug-likeness (QED) is 0.609. The van der Waals surface area contributed by atoms with Crippen molar-refractivity contribution >= 4 is 28.3 Å². The van der Waals surface area contributed by atoms with Crippen LogP contribution in [-0.2, 0) is 4.79 Å². The van der Waals surface area contributed by atoms with Gasteiger partial charge in [-0.1, -0.05) is 0 Å². The Bertz CT molecular complexity index is 1190. The number of benzene rings is 2. The van der Waals surface area contributed by atoms with Gasteiger partial charge >= 0.3 is 0 Å². The van der Waals surface area contributed by atoms with E-state index < -0.39 is 11.6 Å². The number of amides is 1. The molecule has 1 aliphatic heterocycles. The summed E-state index contributed by atoms with van der Waals surface area (Å²) in [6, 6.07) is 6.27. The van der Waals surface area contributed by atoms with E-state index in [-0.39, 0.29) is 23.7 Å². The summed E-state index contributed by atoms with van der Waals surface area (Å²) in [6.07, 6.45) is 1.61. The lowest BCUT2D eigenvalue weighted by atomic mass is 10.1. The number of methoxy groups -OCH3 is 1. The van der Waals surface area contributed by atoms with E-state index in [0.717, 1.165) is 18.2 Å². The summed E-state index contributed by atoms with van der Waals surface area (Å²) < 4.78 is 39.5. The number of nitrogens with zero attached hydrogens (tertiary/aromatic N) is 4. The molecule has 1 saturated heterocycles. The monoisotopic (exact) mass is 457 g/mol. The Kier molecular flexibility index (Phi) is 6.28. The van der Waals surface area contributed by atoms with Gasteiger partial charge < -0.3 is 19.7 Å². The van der Waals surface area contributed by atoms with Crippen LogP contribution in [0, 0.1) is 11.6 Å². The first-order valence-electron chi connectivity index (χ1n) is 10.4. The Hall–Kier alpha value is -3.53. The van der Waals surface area contributed by atoms with Gasteiger partial charge in [0.1, 0.15) is 29.9 Å². The maximum absolute atomic E-state index is 14.2. The van der Waals surface area contributed by atoms with Crippen LogP contribution in [0.1, 0.15) is 6.42 Å². The van der Waals surface area contributed by atoms with Crippen LogP contribution in [-0.4, -0.2) is 72.6 Å². The number of hydrogen-bond acceptors (Lipinski definition) is 7. The Morgan fingerprint density at radius 2 is 1.97 bits per heavy atom. The first-order valence-corrected chi connectivity index (χ1v) is 10.4. The maximum Gasteiger partial charge on any atom is 0.239 e. The molecule has 0 unspecified atom stereocenters. The van der Waals surface area contributed by atoms with Gasteiger partial charge in [-0.15, -0.1) is 0 Å². The molecule has 2 heterocycles. The van der Waals surface area contributed by atoms with Gasteiger partial charge in [0.25, 0.3) is 0 Å². The van der Waals surface area contributed by atoms with E-state index in [0.29, 0.717) is 41.2 Å². The predicted molar refractivity (Wildman–Crippen MR) is 120 cm³/mol. The molecular weight excluding hydrogens is 432 g/mol. The molecule has 1 amide bonds. The second-order valence-corrected chi connectivity index (χ2v) is 8.16. The highest BCUT2D eigenvalue weighted by Gasteiger charge is 2.36. The number of hydrogen-bond donors (Lipinski definition) is 1. The average Bonchev–Trinajstić information content (AvgIpc) is 3.15. The van der Waals surface area contributed by atoms with Gasteiger partial charge in [0.15, 0.2) is 11.5 Å². The molecule has 4 rings (SSSR count). The van der Waals surface area contributed by atoms with E-state index in [1.165, 1.54) is 13.4 Å². The predicted octanol–water partition coefficient (Wildman–Crippen LogP) is 3.20. The summed E-state index contributed by atoms with van der Waals surface area (Å²) >= 11 is 0. The van der Waals surface area contributed by atoms with Crippen molar-refractivity contribution < 1.29 is 23.0 Å².